The number of nitrogens with one attached hydrogen (secondary N) is 1. The van der Waals surface area contributed by atoms with Crippen LogP contribution in [0.1, 0.15) is 42.4 Å². The van der Waals surface area contributed by atoms with Crippen molar-refractivity contribution in [3.8, 4) is 5.75 Å². The van der Waals surface area contributed by atoms with Crippen molar-refractivity contribution in [2.75, 3.05) is 25.0 Å². The minimum Gasteiger partial charge on any atom is -0.492 e. The van der Waals surface area contributed by atoms with E-state index in [1.54, 1.807) is 19.1 Å². The lowest BCUT2D eigenvalue weighted by atomic mass is 9.92. The van der Waals surface area contributed by atoms with Crippen molar-refractivity contribution in [2.24, 2.45) is 11.8 Å². The number of hydrogen-bond acceptors (Lipinski definition) is 6. The lowest BCUT2D eigenvalue weighted by Crippen LogP contribution is -2.44. The maximum absolute atomic E-state index is 13.2. The minimum absolute atomic E-state index is 0.0558. The first kappa shape index (κ1) is 23.9. The molecule has 180 valence electrons. The predicted octanol–water partition coefficient (Wildman–Crippen LogP) is 3.92. The van der Waals surface area contributed by atoms with E-state index in [0.29, 0.717) is 63.6 Å². The number of para-hydroxylation sites is 2. The second kappa shape index (κ2) is 9.97. The smallest absolute Gasteiger partial charge is 0.266 e. The van der Waals surface area contributed by atoms with E-state index in [1.807, 2.05) is 24.0 Å². The molecular formula is C25H30N4O4S. The van der Waals surface area contributed by atoms with Crippen LogP contribution in [0, 0.1) is 18.8 Å². The summed E-state index contributed by atoms with van der Waals surface area (Å²) in [6, 6.07) is 7.21. The quantitative estimate of drug-likeness (QED) is 0.575. The molecule has 9 heteroatoms. The van der Waals surface area contributed by atoms with Crippen LogP contribution in [-0.4, -0.2) is 46.0 Å². The van der Waals surface area contributed by atoms with E-state index in [-0.39, 0.29) is 23.9 Å². The molecule has 1 fully saturated rings. The van der Waals surface area contributed by atoms with Crippen LogP contribution in [0.4, 0.5) is 5.69 Å². The van der Waals surface area contributed by atoms with Gasteiger partial charge >= 0.3 is 0 Å². The Morgan fingerprint density at radius 2 is 1.91 bits per heavy atom. The summed E-state index contributed by atoms with van der Waals surface area (Å²) >= 11 is 1.17. The maximum Gasteiger partial charge on any atom is 0.266 e. The molecule has 4 rings (SSSR count). The van der Waals surface area contributed by atoms with Crippen LogP contribution in [-0.2, 0) is 11.3 Å². The van der Waals surface area contributed by atoms with Gasteiger partial charge in [-0.3, -0.25) is 19.0 Å². The lowest BCUT2D eigenvalue weighted by molar-refractivity contribution is -0.134. The Bertz CT molecular complexity index is 1270. The first-order valence-corrected chi connectivity index (χ1v) is 12.4. The van der Waals surface area contributed by atoms with Crippen molar-refractivity contribution in [1.82, 2.24) is 14.5 Å². The van der Waals surface area contributed by atoms with Gasteiger partial charge in [-0.15, -0.1) is 11.3 Å². The number of benzene rings is 1. The third-order valence-corrected chi connectivity index (χ3v) is 7.28. The summed E-state index contributed by atoms with van der Waals surface area (Å²) in [5, 5.41) is 3.26. The zero-order valence-electron chi connectivity index (χ0n) is 20.0. The average Bonchev–Trinajstić information content (AvgIpc) is 3.13. The van der Waals surface area contributed by atoms with Gasteiger partial charge < -0.3 is 15.0 Å². The number of carbonyl (C=O) groups is 2. The van der Waals surface area contributed by atoms with Gasteiger partial charge in [-0.1, -0.05) is 26.0 Å². The third-order valence-electron chi connectivity index (χ3n) is 6.09. The van der Waals surface area contributed by atoms with Crippen LogP contribution >= 0.6 is 11.3 Å². The van der Waals surface area contributed by atoms with Crippen molar-refractivity contribution in [3.63, 3.8) is 0 Å². The van der Waals surface area contributed by atoms with Crippen LogP contribution in [0.5, 0.6) is 5.75 Å². The van der Waals surface area contributed by atoms with E-state index in [1.165, 1.54) is 22.2 Å². The van der Waals surface area contributed by atoms with Gasteiger partial charge in [-0.05, 0) is 49.8 Å². The lowest BCUT2D eigenvalue weighted by Gasteiger charge is -2.35. The number of thiophene rings is 1. The summed E-state index contributed by atoms with van der Waals surface area (Å²) in [6.07, 6.45) is 2.51. The van der Waals surface area contributed by atoms with E-state index in [9.17, 15) is 14.4 Å². The average molecular weight is 483 g/mol. The second-order valence-electron chi connectivity index (χ2n) is 9.04. The molecule has 1 aliphatic heterocycles. The van der Waals surface area contributed by atoms with Crippen LogP contribution in [0.25, 0.3) is 10.2 Å². The molecule has 3 aromatic rings. The van der Waals surface area contributed by atoms with Gasteiger partial charge in [0.2, 0.25) is 5.91 Å². The molecule has 0 radical (unpaired) electrons. The van der Waals surface area contributed by atoms with Crippen LogP contribution in [0.3, 0.4) is 0 Å². The highest BCUT2D eigenvalue weighted by atomic mass is 32.1. The predicted molar refractivity (Wildman–Crippen MR) is 134 cm³/mol. The normalized spacial score (nSPS) is 18.2. The SMILES string of the molecule is CCOc1ccccc1NC(=O)c1sc2ncn(CC(=O)N3C[C@@H](C)C[C@H](C)C3)c(=O)c2c1C. The van der Waals surface area contributed by atoms with Gasteiger partial charge in [0.1, 0.15) is 17.1 Å². The molecule has 0 saturated carbocycles. The molecule has 0 bridgehead atoms. The standard InChI is InChI=1S/C25H30N4O4S/c1-5-33-19-9-7-6-8-18(19)27-23(31)22-17(4)21-24(34-22)26-14-29(25(21)32)13-20(30)28-11-15(2)10-16(3)12-28/h6-9,14-16H,5,10-13H2,1-4H3,(H,27,31)/t15-,16-/m0/s1. The molecule has 1 saturated heterocycles. The number of anilines is 1. The molecule has 2 aromatic heterocycles. The van der Waals surface area contributed by atoms with E-state index in [4.69, 9.17) is 4.74 Å². The summed E-state index contributed by atoms with van der Waals surface area (Å²) in [6.45, 7) is 9.74. The highest BCUT2D eigenvalue weighted by Gasteiger charge is 2.26. The molecule has 1 N–H and O–H groups in total. The Morgan fingerprint density at radius 3 is 2.62 bits per heavy atom. The minimum atomic E-state index is -0.328. The number of likely N-dealkylation sites (tertiary alicyclic amines) is 1. The largest absolute Gasteiger partial charge is 0.492 e. The van der Waals surface area contributed by atoms with E-state index in [2.05, 4.69) is 24.1 Å². The molecule has 0 unspecified atom stereocenters. The highest BCUT2D eigenvalue weighted by Crippen LogP contribution is 2.30. The summed E-state index contributed by atoms with van der Waals surface area (Å²) in [7, 11) is 0. The van der Waals surface area contributed by atoms with E-state index in [0.717, 1.165) is 6.42 Å². The number of ether oxygens (including phenoxy) is 1. The molecule has 34 heavy (non-hydrogen) atoms. The molecule has 2 atom stereocenters. The van der Waals surface area contributed by atoms with Gasteiger partial charge in [-0.25, -0.2) is 4.98 Å². The van der Waals surface area contributed by atoms with Crippen molar-refractivity contribution < 1.29 is 14.3 Å². The molecule has 8 nitrogen and oxygen atoms in total. The molecule has 1 aliphatic rings. The summed E-state index contributed by atoms with van der Waals surface area (Å²) in [5.74, 6) is 1.06. The van der Waals surface area contributed by atoms with Crippen molar-refractivity contribution in [3.05, 3.63) is 51.4 Å². The van der Waals surface area contributed by atoms with E-state index < -0.39 is 0 Å². The number of rotatable bonds is 6. The Morgan fingerprint density at radius 1 is 1.21 bits per heavy atom. The second-order valence-corrected chi connectivity index (χ2v) is 10.0. The molecule has 0 spiro atoms. The van der Waals surface area contributed by atoms with Gasteiger partial charge in [0.15, 0.2) is 0 Å². The summed E-state index contributed by atoms with van der Waals surface area (Å²) < 4.78 is 6.93. The number of hydrogen-bond donors (Lipinski definition) is 1. The van der Waals surface area contributed by atoms with Crippen LogP contribution in [0.15, 0.2) is 35.4 Å². The maximum atomic E-state index is 13.2. The highest BCUT2D eigenvalue weighted by molar-refractivity contribution is 7.20. The number of fused-ring (bicyclic) bond motifs is 1. The van der Waals surface area contributed by atoms with E-state index >= 15 is 0 Å². The van der Waals surface area contributed by atoms with Gasteiger partial charge in [-0.2, -0.15) is 0 Å². The fraction of sp³-hybridized carbons (Fsp3) is 0.440. The first-order valence-electron chi connectivity index (χ1n) is 11.6. The summed E-state index contributed by atoms with van der Waals surface area (Å²) in [5.41, 5.74) is 0.817. The topological polar surface area (TPSA) is 93.5 Å². The molecule has 1 aromatic carbocycles. The van der Waals surface area contributed by atoms with Gasteiger partial charge in [0, 0.05) is 13.1 Å². The zero-order valence-corrected chi connectivity index (χ0v) is 20.8. The number of amides is 2. The van der Waals surface area contributed by atoms with Crippen molar-refractivity contribution in [1.29, 1.82) is 0 Å². The summed E-state index contributed by atoms with van der Waals surface area (Å²) in [4.78, 5) is 46.3. The number of aryl methyl sites for hydroxylation is 1. The van der Waals surface area contributed by atoms with Crippen molar-refractivity contribution >= 4 is 39.1 Å². The third kappa shape index (κ3) is 4.84. The number of nitrogens with zero attached hydrogens (tertiary/aromatic N) is 3. The fourth-order valence-corrected chi connectivity index (χ4v) is 5.67. The number of piperidine rings is 1. The van der Waals surface area contributed by atoms with Crippen LogP contribution < -0.4 is 15.6 Å². The molecular weight excluding hydrogens is 452 g/mol. The Kier molecular flexibility index (Phi) is 7.02. The van der Waals surface area contributed by atoms with Gasteiger partial charge in [0.25, 0.3) is 11.5 Å². The fourth-order valence-electron chi connectivity index (χ4n) is 4.63. The van der Waals surface area contributed by atoms with Crippen LogP contribution in [0.2, 0.25) is 0 Å². The molecule has 0 aliphatic carbocycles. The first-order chi connectivity index (χ1) is 16.3. The van der Waals surface area contributed by atoms with Crippen molar-refractivity contribution in [2.45, 2.75) is 40.7 Å². The molecule has 2 amide bonds. The Labute approximate surface area is 202 Å². The van der Waals surface area contributed by atoms with Gasteiger partial charge in [0.05, 0.1) is 28.9 Å². The molecule has 3 heterocycles. The Hall–Kier alpha value is -3.20. The number of carbonyl (C=O) groups excluding carboxylic acids is 2. The monoisotopic (exact) mass is 482 g/mol. The Balaban J connectivity index is 1.58. The zero-order chi connectivity index (χ0) is 24.4. The number of aromatic nitrogens is 2.